The Balaban J connectivity index is 0.996. The molecule has 1 aromatic carbocycles. The van der Waals surface area contributed by atoms with Crippen LogP contribution in [-0.2, 0) is 16.1 Å². The Morgan fingerprint density at radius 3 is 2.88 bits per heavy atom. The SMILES string of the molecule is C[C@@H](Oc1cccc(-c2cccc(CNCCC3CN(c4ccc5c(n4)NC(=O)CO5)C(=O)O3)c2)n1)C1CCN1. The van der Waals surface area contributed by atoms with E-state index in [0.717, 1.165) is 29.8 Å². The summed E-state index contributed by atoms with van der Waals surface area (Å²) in [5.41, 5.74) is 3.02. The van der Waals surface area contributed by atoms with Gasteiger partial charge in [-0.25, -0.2) is 14.8 Å². The molecule has 3 atom stereocenters. The van der Waals surface area contributed by atoms with E-state index in [1.54, 1.807) is 12.1 Å². The lowest BCUT2D eigenvalue weighted by Gasteiger charge is -2.32. The van der Waals surface area contributed by atoms with Gasteiger partial charge < -0.3 is 30.2 Å². The van der Waals surface area contributed by atoms with Crippen molar-refractivity contribution in [3.8, 4) is 22.9 Å². The first-order valence-corrected chi connectivity index (χ1v) is 13.6. The molecule has 208 valence electrons. The number of carbonyl (C=O) groups excluding carboxylic acids is 2. The number of aromatic nitrogens is 2. The molecule has 0 radical (unpaired) electrons. The molecule has 3 aliphatic heterocycles. The van der Waals surface area contributed by atoms with E-state index < -0.39 is 6.09 Å². The molecule has 0 spiro atoms. The van der Waals surface area contributed by atoms with E-state index in [4.69, 9.17) is 19.2 Å². The summed E-state index contributed by atoms with van der Waals surface area (Å²) in [7, 11) is 0. The van der Waals surface area contributed by atoms with Crippen LogP contribution in [0.2, 0.25) is 0 Å². The van der Waals surface area contributed by atoms with E-state index in [-0.39, 0.29) is 24.7 Å². The number of hydrogen-bond acceptors (Lipinski definition) is 9. The van der Waals surface area contributed by atoms with E-state index in [1.807, 2.05) is 30.3 Å². The minimum absolute atomic E-state index is 0.0457. The zero-order valence-electron chi connectivity index (χ0n) is 22.3. The molecule has 2 aromatic heterocycles. The molecule has 11 nitrogen and oxygen atoms in total. The van der Waals surface area contributed by atoms with Gasteiger partial charge >= 0.3 is 6.09 Å². The monoisotopic (exact) mass is 544 g/mol. The van der Waals surface area contributed by atoms with Gasteiger partial charge in [0.1, 0.15) is 18.0 Å². The van der Waals surface area contributed by atoms with E-state index >= 15 is 0 Å². The van der Waals surface area contributed by atoms with Crippen molar-refractivity contribution in [1.82, 2.24) is 20.6 Å². The van der Waals surface area contributed by atoms with Gasteiger partial charge in [-0.3, -0.25) is 9.69 Å². The van der Waals surface area contributed by atoms with E-state index in [9.17, 15) is 9.59 Å². The van der Waals surface area contributed by atoms with Crippen LogP contribution in [0, 0.1) is 0 Å². The largest absolute Gasteiger partial charge is 0.480 e. The number of hydrogen-bond donors (Lipinski definition) is 3. The summed E-state index contributed by atoms with van der Waals surface area (Å²) in [5.74, 6) is 1.56. The number of pyridine rings is 2. The number of ether oxygens (including phenoxy) is 3. The van der Waals surface area contributed by atoms with Gasteiger partial charge in [0, 0.05) is 24.2 Å². The van der Waals surface area contributed by atoms with Gasteiger partial charge in [0.15, 0.2) is 18.2 Å². The topological polar surface area (TPSA) is 127 Å². The van der Waals surface area contributed by atoms with Crippen molar-refractivity contribution in [2.75, 3.05) is 36.5 Å². The fourth-order valence-electron chi connectivity index (χ4n) is 4.92. The second-order valence-corrected chi connectivity index (χ2v) is 10.2. The third-order valence-corrected chi connectivity index (χ3v) is 7.26. The quantitative estimate of drug-likeness (QED) is 0.330. The maximum Gasteiger partial charge on any atom is 0.415 e. The van der Waals surface area contributed by atoms with Crippen LogP contribution in [-0.4, -0.2) is 66.5 Å². The Morgan fingerprint density at radius 2 is 2.02 bits per heavy atom. The highest BCUT2D eigenvalue weighted by molar-refractivity contribution is 5.95. The van der Waals surface area contributed by atoms with Crippen LogP contribution in [0.25, 0.3) is 11.3 Å². The second-order valence-electron chi connectivity index (χ2n) is 10.2. The number of nitrogens with zero attached hydrogens (tertiary/aromatic N) is 3. The third kappa shape index (κ3) is 5.85. The summed E-state index contributed by atoms with van der Waals surface area (Å²) in [5, 5.41) is 9.49. The van der Waals surface area contributed by atoms with Crippen molar-refractivity contribution < 1.29 is 23.8 Å². The minimum atomic E-state index is -0.453. The van der Waals surface area contributed by atoms with Crippen LogP contribution in [0.4, 0.5) is 16.4 Å². The fourth-order valence-corrected chi connectivity index (χ4v) is 4.92. The number of carbonyl (C=O) groups is 2. The third-order valence-electron chi connectivity index (χ3n) is 7.26. The van der Waals surface area contributed by atoms with E-state index in [0.29, 0.717) is 55.4 Å². The second kappa shape index (κ2) is 11.5. The lowest BCUT2D eigenvalue weighted by atomic mass is 10.0. The zero-order valence-corrected chi connectivity index (χ0v) is 22.3. The van der Waals surface area contributed by atoms with E-state index in [2.05, 4.69) is 40.0 Å². The summed E-state index contributed by atoms with van der Waals surface area (Å²) in [6, 6.07) is 17.9. The summed E-state index contributed by atoms with van der Waals surface area (Å²) < 4.78 is 17.0. The molecule has 2 fully saturated rings. The molecule has 11 heteroatoms. The molecular weight excluding hydrogens is 512 g/mol. The van der Waals surface area contributed by atoms with Gasteiger partial charge in [-0.1, -0.05) is 24.3 Å². The predicted octanol–water partition coefficient (Wildman–Crippen LogP) is 3.11. The number of nitrogens with one attached hydrogen (secondary N) is 3. The van der Waals surface area contributed by atoms with Crippen LogP contribution in [0.15, 0.2) is 54.6 Å². The van der Waals surface area contributed by atoms with Gasteiger partial charge in [0.05, 0.1) is 12.2 Å². The average molecular weight is 545 g/mol. The van der Waals surface area contributed by atoms with Gasteiger partial charge in [0.25, 0.3) is 5.91 Å². The maximum absolute atomic E-state index is 12.5. The Kier molecular flexibility index (Phi) is 7.47. The molecule has 3 aromatic rings. The average Bonchev–Trinajstić information content (AvgIpc) is 3.30. The number of amides is 2. The lowest BCUT2D eigenvalue weighted by Crippen LogP contribution is -2.51. The Hall–Kier alpha value is -4.22. The molecule has 0 bridgehead atoms. The first-order chi connectivity index (χ1) is 19.5. The fraction of sp³-hybridized carbons (Fsp3) is 0.379. The molecule has 5 heterocycles. The number of benzene rings is 1. The van der Waals surface area contributed by atoms with Gasteiger partial charge in [-0.15, -0.1) is 0 Å². The Morgan fingerprint density at radius 1 is 1.15 bits per heavy atom. The van der Waals surface area contributed by atoms with Crippen molar-refractivity contribution in [2.24, 2.45) is 0 Å². The molecule has 3 N–H and O–H groups in total. The summed E-state index contributed by atoms with van der Waals surface area (Å²) in [6.07, 6.45) is 1.14. The number of fused-ring (bicyclic) bond motifs is 1. The van der Waals surface area contributed by atoms with Crippen LogP contribution < -0.4 is 30.3 Å². The van der Waals surface area contributed by atoms with Crippen LogP contribution in [0.1, 0.15) is 25.3 Å². The first kappa shape index (κ1) is 26.0. The van der Waals surface area contributed by atoms with Crippen molar-refractivity contribution in [3.63, 3.8) is 0 Å². The molecule has 0 saturated carbocycles. The highest BCUT2D eigenvalue weighted by atomic mass is 16.6. The van der Waals surface area contributed by atoms with Gasteiger partial charge in [-0.2, -0.15) is 0 Å². The molecular formula is C29H32N6O5. The smallest absolute Gasteiger partial charge is 0.415 e. The van der Waals surface area contributed by atoms with Crippen LogP contribution >= 0.6 is 0 Å². The molecule has 2 unspecified atom stereocenters. The van der Waals surface area contributed by atoms with E-state index in [1.165, 1.54) is 4.90 Å². The van der Waals surface area contributed by atoms with Crippen molar-refractivity contribution in [2.45, 2.75) is 44.6 Å². The summed E-state index contributed by atoms with van der Waals surface area (Å²) >= 11 is 0. The van der Waals surface area contributed by atoms with Gasteiger partial charge in [0.2, 0.25) is 5.88 Å². The lowest BCUT2D eigenvalue weighted by molar-refractivity contribution is -0.118. The first-order valence-electron chi connectivity index (χ1n) is 13.6. The number of rotatable bonds is 10. The van der Waals surface area contributed by atoms with Gasteiger partial charge in [-0.05, 0) is 62.7 Å². The van der Waals surface area contributed by atoms with Crippen LogP contribution in [0.5, 0.6) is 11.6 Å². The molecule has 2 amide bonds. The van der Waals surface area contributed by atoms with Crippen LogP contribution in [0.3, 0.4) is 0 Å². The number of anilines is 2. The summed E-state index contributed by atoms with van der Waals surface area (Å²) in [4.78, 5) is 34.7. The summed E-state index contributed by atoms with van der Waals surface area (Å²) in [6.45, 7) is 4.80. The Labute approximate surface area is 232 Å². The molecule has 0 aliphatic carbocycles. The molecule has 3 aliphatic rings. The highest BCUT2D eigenvalue weighted by Gasteiger charge is 2.33. The molecule has 2 saturated heterocycles. The normalized spacial score (nSPS) is 20.6. The highest BCUT2D eigenvalue weighted by Crippen LogP contribution is 2.30. The van der Waals surface area contributed by atoms with Crippen molar-refractivity contribution in [1.29, 1.82) is 0 Å². The zero-order chi connectivity index (χ0) is 27.5. The standard InChI is InChI=1S/C29H32N6O5/c1-18(22-11-13-31-22)39-27-7-3-6-23(32-27)20-5-2-4-19(14-20)15-30-12-10-21-16-35(29(37)40-21)25-9-8-24-28(33-25)34-26(36)17-38-24/h2-9,14,18,21-22,30-31H,10-13,15-17H2,1H3,(H,33,34,36)/t18-,21?,22?/m1/s1. The van der Waals surface area contributed by atoms with Crippen molar-refractivity contribution in [3.05, 3.63) is 60.2 Å². The molecule has 6 rings (SSSR count). The molecule has 40 heavy (non-hydrogen) atoms. The maximum atomic E-state index is 12.5. The minimum Gasteiger partial charge on any atom is -0.480 e. The Bertz CT molecular complexity index is 1400. The van der Waals surface area contributed by atoms with Crippen molar-refractivity contribution >= 4 is 23.6 Å². The predicted molar refractivity (Wildman–Crippen MR) is 148 cm³/mol. The number of cyclic esters (lactones) is 1.